The predicted molar refractivity (Wildman–Crippen MR) is 144 cm³/mol. The van der Waals surface area contributed by atoms with Gasteiger partial charge in [-0.2, -0.15) is 0 Å². The van der Waals surface area contributed by atoms with Crippen LogP contribution in [0.5, 0.6) is 0 Å². The fourth-order valence-electron chi connectivity index (χ4n) is 4.05. The van der Waals surface area contributed by atoms with Crippen LogP contribution in [-0.2, 0) is 11.8 Å². The molecule has 37 heavy (non-hydrogen) atoms. The second-order valence-corrected chi connectivity index (χ2v) is 9.86. The lowest BCUT2D eigenvalue weighted by atomic mass is 9.85. The number of thiophene rings is 1. The summed E-state index contributed by atoms with van der Waals surface area (Å²) in [5, 5.41) is 13.6. The number of rotatable bonds is 8. The molecule has 0 saturated carbocycles. The Bertz CT molecular complexity index is 1510. The molecule has 0 amide bonds. The molecular weight excluding hydrogens is 515 g/mol. The highest BCUT2D eigenvalue weighted by molar-refractivity contribution is 7.17. The summed E-state index contributed by atoms with van der Waals surface area (Å²) < 4.78 is 21.5. The minimum absolute atomic E-state index is 0.165. The molecule has 0 aliphatic rings. The number of ether oxygens (including phenoxy) is 1. The number of halogens is 2. The van der Waals surface area contributed by atoms with Crippen molar-refractivity contribution in [2.75, 3.05) is 6.61 Å². The maximum absolute atomic E-state index is 15.1. The third kappa shape index (κ3) is 5.98. The van der Waals surface area contributed by atoms with Gasteiger partial charge in [-0.1, -0.05) is 47.1 Å². The van der Waals surface area contributed by atoms with Gasteiger partial charge in [-0.05, 0) is 53.9 Å². The van der Waals surface area contributed by atoms with Crippen molar-refractivity contribution in [2.45, 2.75) is 19.3 Å². The number of aromatic nitrogens is 1. The Morgan fingerprint density at radius 2 is 1.89 bits per heavy atom. The zero-order valence-electron chi connectivity index (χ0n) is 20.2. The number of carbonyl (C=O) groups is 1. The SMILES string of the molecule is CCOC(=O)c1ccc(-c2ccc([C@@H](C/C(=N\O)c3ccc(=O)n(C)c3)c3ccc(Cl)cc3F)cc2)s1. The van der Waals surface area contributed by atoms with Crippen LogP contribution in [0.1, 0.15) is 45.6 Å². The monoisotopic (exact) mass is 538 g/mol. The second kappa shape index (κ2) is 11.5. The summed E-state index contributed by atoms with van der Waals surface area (Å²) in [6.07, 6.45) is 1.74. The molecule has 0 spiro atoms. The Labute approximate surface area is 222 Å². The molecule has 1 N–H and O–H groups in total. The summed E-state index contributed by atoms with van der Waals surface area (Å²) >= 11 is 7.33. The first-order valence-electron chi connectivity index (χ1n) is 11.5. The fraction of sp³-hybridized carbons (Fsp3) is 0.179. The molecule has 0 unspecified atom stereocenters. The molecule has 190 valence electrons. The number of oxime groups is 1. The van der Waals surface area contributed by atoms with Crippen molar-refractivity contribution in [1.29, 1.82) is 0 Å². The van der Waals surface area contributed by atoms with Crippen molar-refractivity contribution in [3.05, 3.63) is 116 Å². The van der Waals surface area contributed by atoms with Crippen molar-refractivity contribution in [2.24, 2.45) is 12.2 Å². The van der Waals surface area contributed by atoms with Crippen molar-refractivity contribution >= 4 is 34.6 Å². The zero-order valence-corrected chi connectivity index (χ0v) is 21.7. The van der Waals surface area contributed by atoms with Crippen LogP contribution in [0.25, 0.3) is 10.4 Å². The van der Waals surface area contributed by atoms with Crippen LogP contribution in [0.3, 0.4) is 0 Å². The van der Waals surface area contributed by atoms with Crippen LogP contribution in [-0.4, -0.2) is 28.1 Å². The number of benzene rings is 2. The largest absolute Gasteiger partial charge is 0.462 e. The number of pyridine rings is 1. The topological polar surface area (TPSA) is 80.9 Å². The molecule has 0 bridgehead atoms. The second-order valence-electron chi connectivity index (χ2n) is 8.34. The van der Waals surface area contributed by atoms with E-state index in [2.05, 4.69) is 5.16 Å². The number of hydrogen-bond acceptors (Lipinski definition) is 6. The molecule has 0 aliphatic carbocycles. The van der Waals surface area contributed by atoms with E-state index in [-0.39, 0.29) is 23.0 Å². The van der Waals surface area contributed by atoms with Gasteiger partial charge >= 0.3 is 5.97 Å². The average molecular weight is 539 g/mol. The lowest BCUT2D eigenvalue weighted by Gasteiger charge is -2.20. The minimum atomic E-state index is -0.507. The lowest BCUT2D eigenvalue weighted by molar-refractivity contribution is 0.0532. The fourth-order valence-corrected chi connectivity index (χ4v) is 5.11. The van der Waals surface area contributed by atoms with Gasteiger partial charge in [0.05, 0.1) is 12.3 Å². The number of carbonyl (C=O) groups excluding carboxylic acids is 1. The standard InChI is InChI=1S/C28H24ClFN2O4S/c1-3-36-28(34)26-12-11-25(37-26)18-6-4-17(5-7-18)22(21-10-9-20(29)14-23(21)30)15-24(31-35)19-8-13-27(33)32(2)16-19/h4-14,16,22,35H,3,15H2,1-2H3/b31-24+/t22-/m1/s1. The summed E-state index contributed by atoms with van der Waals surface area (Å²) in [4.78, 5) is 25.3. The normalized spacial score (nSPS) is 12.4. The third-order valence-corrected chi connectivity index (χ3v) is 7.30. The number of esters is 1. The van der Waals surface area contributed by atoms with Gasteiger partial charge in [0.1, 0.15) is 10.7 Å². The van der Waals surface area contributed by atoms with Gasteiger partial charge in [0.25, 0.3) is 0 Å². The Morgan fingerprint density at radius 3 is 2.54 bits per heavy atom. The van der Waals surface area contributed by atoms with Crippen LogP contribution in [0.4, 0.5) is 4.39 Å². The maximum Gasteiger partial charge on any atom is 0.348 e. The zero-order chi connectivity index (χ0) is 26.5. The van der Waals surface area contributed by atoms with Gasteiger partial charge in [-0.3, -0.25) is 4.79 Å². The van der Waals surface area contributed by atoms with E-state index in [0.29, 0.717) is 28.3 Å². The number of aryl methyl sites for hydroxylation is 1. The Hall–Kier alpha value is -3.75. The first-order valence-corrected chi connectivity index (χ1v) is 12.7. The predicted octanol–water partition coefficient (Wildman–Crippen LogP) is 6.48. The van der Waals surface area contributed by atoms with E-state index >= 15 is 4.39 Å². The molecule has 4 rings (SSSR count). The molecule has 9 heteroatoms. The molecule has 2 aromatic heterocycles. The Morgan fingerprint density at radius 1 is 1.14 bits per heavy atom. The van der Waals surface area contributed by atoms with E-state index in [0.717, 1.165) is 16.0 Å². The molecule has 0 aliphatic heterocycles. The highest BCUT2D eigenvalue weighted by atomic mass is 35.5. The van der Waals surface area contributed by atoms with Crippen LogP contribution >= 0.6 is 22.9 Å². The maximum atomic E-state index is 15.1. The number of nitrogens with zero attached hydrogens (tertiary/aromatic N) is 2. The van der Waals surface area contributed by atoms with E-state index in [1.807, 2.05) is 30.3 Å². The molecule has 0 radical (unpaired) electrons. The quantitative estimate of drug-likeness (QED) is 0.120. The summed E-state index contributed by atoms with van der Waals surface area (Å²) in [6, 6.07) is 18.6. The summed E-state index contributed by atoms with van der Waals surface area (Å²) in [7, 11) is 1.60. The van der Waals surface area contributed by atoms with Gasteiger partial charge < -0.3 is 14.5 Å². The number of hydrogen-bond donors (Lipinski definition) is 1. The van der Waals surface area contributed by atoms with Gasteiger partial charge in [0.2, 0.25) is 5.56 Å². The molecule has 1 atom stereocenters. The lowest BCUT2D eigenvalue weighted by Crippen LogP contribution is -2.18. The molecule has 0 fully saturated rings. The van der Waals surface area contributed by atoms with E-state index in [1.165, 1.54) is 28.0 Å². The first kappa shape index (κ1) is 26.3. The molecule has 2 aromatic carbocycles. The van der Waals surface area contributed by atoms with Crippen LogP contribution in [0, 0.1) is 5.82 Å². The Balaban J connectivity index is 1.70. The summed E-state index contributed by atoms with van der Waals surface area (Å²) in [6.45, 7) is 2.07. The molecule has 2 heterocycles. The van der Waals surface area contributed by atoms with Gasteiger partial charge in [0.15, 0.2) is 0 Å². The van der Waals surface area contributed by atoms with E-state index in [1.54, 1.807) is 44.4 Å². The van der Waals surface area contributed by atoms with Crippen molar-refractivity contribution < 1.29 is 19.1 Å². The van der Waals surface area contributed by atoms with Crippen LogP contribution in [0.15, 0.2) is 82.9 Å². The highest BCUT2D eigenvalue weighted by Crippen LogP contribution is 2.35. The van der Waals surface area contributed by atoms with E-state index in [4.69, 9.17) is 16.3 Å². The third-order valence-electron chi connectivity index (χ3n) is 5.96. The first-order chi connectivity index (χ1) is 17.8. The van der Waals surface area contributed by atoms with Crippen molar-refractivity contribution in [3.63, 3.8) is 0 Å². The van der Waals surface area contributed by atoms with Gasteiger partial charge in [-0.15, -0.1) is 11.3 Å². The molecule has 6 nitrogen and oxygen atoms in total. The average Bonchev–Trinajstić information content (AvgIpc) is 3.38. The summed E-state index contributed by atoms with van der Waals surface area (Å²) in [5.74, 6) is -1.34. The van der Waals surface area contributed by atoms with Crippen LogP contribution < -0.4 is 5.56 Å². The smallest absolute Gasteiger partial charge is 0.348 e. The summed E-state index contributed by atoms with van der Waals surface area (Å²) in [5.41, 5.74) is 2.73. The highest BCUT2D eigenvalue weighted by Gasteiger charge is 2.23. The molecular formula is C28H24ClFN2O4S. The van der Waals surface area contributed by atoms with Crippen LogP contribution in [0.2, 0.25) is 5.02 Å². The van der Waals surface area contributed by atoms with E-state index in [9.17, 15) is 14.8 Å². The molecule has 0 saturated heterocycles. The Kier molecular flexibility index (Phi) is 8.21. The van der Waals surface area contributed by atoms with Gasteiger partial charge in [0, 0.05) is 47.1 Å². The van der Waals surface area contributed by atoms with Crippen molar-refractivity contribution in [3.8, 4) is 10.4 Å². The molecule has 4 aromatic rings. The van der Waals surface area contributed by atoms with Gasteiger partial charge in [-0.25, -0.2) is 9.18 Å². The minimum Gasteiger partial charge on any atom is -0.462 e. The van der Waals surface area contributed by atoms with E-state index < -0.39 is 11.7 Å². The van der Waals surface area contributed by atoms with Crippen molar-refractivity contribution in [1.82, 2.24) is 4.57 Å².